The molecule has 0 saturated heterocycles. The lowest BCUT2D eigenvalue weighted by molar-refractivity contribution is -0.150. The van der Waals surface area contributed by atoms with Crippen LogP contribution in [0, 0.1) is 29.6 Å². The summed E-state index contributed by atoms with van der Waals surface area (Å²) >= 11 is 0. The molecule has 1 unspecified atom stereocenters. The van der Waals surface area contributed by atoms with Crippen molar-refractivity contribution in [2.75, 3.05) is 0 Å². The SMILES string of the molecule is C#CCC1=C(C)[C@@H](OC(=O)[C@H]2C(C=C(C)C)C2(C)C)CC1=O. The summed E-state index contributed by atoms with van der Waals surface area (Å²) < 4.78 is 5.63. The highest BCUT2D eigenvalue weighted by molar-refractivity contribution is 6.00. The second-order valence-electron chi connectivity index (χ2n) is 7.16. The van der Waals surface area contributed by atoms with Crippen molar-refractivity contribution < 1.29 is 14.3 Å². The molecule has 0 heterocycles. The highest BCUT2D eigenvalue weighted by Crippen LogP contribution is 2.60. The molecule has 2 rings (SSSR count). The van der Waals surface area contributed by atoms with Crippen LogP contribution in [0.5, 0.6) is 0 Å². The second-order valence-corrected chi connectivity index (χ2v) is 7.16. The van der Waals surface area contributed by atoms with Gasteiger partial charge < -0.3 is 4.74 Å². The Morgan fingerprint density at radius 1 is 1.45 bits per heavy atom. The highest BCUT2D eigenvalue weighted by Gasteiger charge is 2.61. The van der Waals surface area contributed by atoms with Crippen LogP contribution in [-0.2, 0) is 14.3 Å². The number of hydrogen-bond donors (Lipinski definition) is 0. The van der Waals surface area contributed by atoms with Crippen molar-refractivity contribution in [3.63, 3.8) is 0 Å². The Morgan fingerprint density at radius 2 is 2.09 bits per heavy atom. The van der Waals surface area contributed by atoms with Gasteiger partial charge in [-0.3, -0.25) is 9.59 Å². The third-order valence-electron chi connectivity index (χ3n) is 4.88. The van der Waals surface area contributed by atoms with E-state index in [0.29, 0.717) is 12.0 Å². The average Bonchev–Trinajstić information content (AvgIpc) is 2.83. The molecular weight excluding hydrogens is 276 g/mol. The summed E-state index contributed by atoms with van der Waals surface area (Å²) in [5.74, 6) is 2.39. The molecule has 0 bridgehead atoms. The standard InChI is InChI=1S/C19H24O3/c1-7-8-13-12(4)16(10-15(13)20)22-18(21)17-14(9-11(2)3)19(17,5)6/h1,9,14,16-17H,8,10H2,2-6H3/t14?,16-,17+/m0/s1. The van der Waals surface area contributed by atoms with Gasteiger partial charge in [0.2, 0.25) is 0 Å². The van der Waals surface area contributed by atoms with E-state index in [-0.39, 0.29) is 35.4 Å². The number of ether oxygens (including phenoxy) is 1. The van der Waals surface area contributed by atoms with Gasteiger partial charge in [-0.2, -0.15) is 0 Å². The maximum absolute atomic E-state index is 12.5. The quantitative estimate of drug-likeness (QED) is 0.454. The van der Waals surface area contributed by atoms with Gasteiger partial charge in [-0.1, -0.05) is 25.5 Å². The first kappa shape index (κ1) is 16.5. The summed E-state index contributed by atoms with van der Waals surface area (Å²) in [6, 6.07) is 0. The molecule has 2 aliphatic rings. The number of carbonyl (C=O) groups excluding carboxylic acids is 2. The van der Waals surface area contributed by atoms with Crippen LogP contribution in [-0.4, -0.2) is 17.9 Å². The maximum Gasteiger partial charge on any atom is 0.310 e. The molecule has 0 aliphatic heterocycles. The van der Waals surface area contributed by atoms with Crippen LogP contribution in [0.1, 0.15) is 47.5 Å². The summed E-state index contributed by atoms with van der Waals surface area (Å²) in [5.41, 5.74) is 2.58. The van der Waals surface area contributed by atoms with Crippen molar-refractivity contribution in [2.24, 2.45) is 17.3 Å². The molecular formula is C19H24O3. The minimum absolute atomic E-state index is 0.00385. The maximum atomic E-state index is 12.5. The zero-order valence-corrected chi connectivity index (χ0v) is 14.0. The van der Waals surface area contributed by atoms with Gasteiger partial charge in [-0.25, -0.2) is 0 Å². The Morgan fingerprint density at radius 3 is 2.64 bits per heavy atom. The van der Waals surface area contributed by atoms with Crippen LogP contribution in [0.15, 0.2) is 22.8 Å². The fourth-order valence-corrected chi connectivity index (χ4v) is 3.34. The van der Waals surface area contributed by atoms with Crippen molar-refractivity contribution >= 4 is 11.8 Å². The lowest BCUT2D eigenvalue weighted by atomic mass is 10.1. The molecule has 0 aromatic rings. The summed E-state index contributed by atoms with van der Waals surface area (Å²) in [6.45, 7) is 10.1. The van der Waals surface area contributed by atoms with Crippen molar-refractivity contribution in [3.05, 3.63) is 22.8 Å². The van der Waals surface area contributed by atoms with Gasteiger partial charge in [-0.15, -0.1) is 12.3 Å². The molecule has 1 saturated carbocycles. The van der Waals surface area contributed by atoms with Crippen molar-refractivity contribution in [1.82, 2.24) is 0 Å². The first-order valence-electron chi connectivity index (χ1n) is 7.72. The molecule has 3 heteroatoms. The number of allylic oxidation sites excluding steroid dienone is 3. The van der Waals surface area contributed by atoms with E-state index in [1.54, 1.807) is 0 Å². The van der Waals surface area contributed by atoms with Gasteiger partial charge in [0.25, 0.3) is 0 Å². The van der Waals surface area contributed by atoms with Gasteiger partial charge in [0.15, 0.2) is 5.78 Å². The van der Waals surface area contributed by atoms with Gasteiger partial charge >= 0.3 is 5.97 Å². The minimum Gasteiger partial charge on any atom is -0.457 e. The van der Waals surface area contributed by atoms with Crippen LogP contribution in [0.25, 0.3) is 0 Å². The first-order chi connectivity index (χ1) is 10.2. The molecule has 1 fully saturated rings. The van der Waals surface area contributed by atoms with E-state index >= 15 is 0 Å². The fraction of sp³-hybridized carbons (Fsp3) is 0.579. The third kappa shape index (κ3) is 2.88. The Labute approximate surface area is 132 Å². The van der Waals surface area contributed by atoms with Crippen LogP contribution in [0.3, 0.4) is 0 Å². The smallest absolute Gasteiger partial charge is 0.310 e. The molecule has 3 nitrogen and oxygen atoms in total. The molecule has 118 valence electrons. The number of rotatable bonds is 4. The number of ketones is 1. The molecule has 3 atom stereocenters. The lowest BCUT2D eigenvalue weighted by Gasteiger charge is -2.13. The molecule has 0 amide bonds. The van der Waals surface area contributed by atoms with Crippen LogP contribution in [0.2, 0.25) is 0 Å². The van der Waals surface area contributed by atoms with Crippen molar-refractivity contribution in [1.29, 1.82) is 0 Å². The zero-order chi connectivity index (χ0) is 16.7. The van der Waals surface area contributed by atoms with E-state index in [4.69, 9.17) is 11.2 Å². The Hall–Kier alpha value is -1.82. The molecule has 0 spiro atoms. The molecule has 22 heavy (non-hydrogen) atoms. The minimum atomic E-state index is -0.438. The number of Topliss-reactive ketones (excluding diaryl/α,β-unsaturated/α-hetero) is 1. The Bertz CT molecular complexity index is 609. The van der Waals surface area contributed by atoms with Crippen LogP contribution >= 0.6 is 0 Å². The Kier molecular flexibility index (Phi) is 4.33. The number of carbonyl (C=O) groups is 2. The third-order valence-corrected chi connectivity index (χ3v) is 4.88. The monoisotopic (exact) mass is 300 g/mol. The summed E-state index contributed by atoms with van der Waals surface area (Å²) in [5, 5.41) is 0. The normalized spacial score (nSPS) is 29.1. The topological polar surface area (TPSA) is 43.4 Å². The highest BCUT2D eigenvalue weighted by atomic mass is 16.5. The first-order valence-corrected chi connectivity index (χ1v) is 7.72. The molecule has 2 aliphatic carbocycles. The number of terminal acetylenes is 1. The van der Waals surface area contributed by atoms with E-state index < -0.39 is 6.10 Å². The van der Waals surface area contributed by atoms with E-state index in [1.165, 1.54) is 5.57 Å². The second kappa shape index (κ2) is 5.76. The largest absolute Gasteiger partial charge is 0.457 e. The average molecular weight is 300 g/mol. The van der Waals surface area contributed by atoms with Crippen molar-refractivity contribution in [2.45, 2.75) is 53.6 Å². The lowest BCUT2D eigenvalue weighted by Crippen LogP contribution is -2.20. The van der Waals surface area contributed by atoms with Crippen LogP contribution in [0.4, 0.5) is 0 Å². The number of esters is 1. The predicted molar refractivity (Wildman–Crippen MR) is 85.8 cm³/mol. The van der Waals surface area contributed by atoms with Gasteiger partial charge in [0, 0.05) is 12.0 Å². The van der Waals surface area contributed by atoms with E-state index in [9.17, 15) is 9.59 Å². The van der Waals surface area contributed by atoms with Gasteiger partial charge in [0.05, 0.1) is 12.3 Å². The molecule has 0 N–H and O–H groups in total. The zero-order valence-electron chi connectivity index (χ0n) is 14.0. The predicted octanol–water partition coefficient (Wildman–Crippen LogP) is 3.45. The Balaban J connectivity index is 2.07. The molecule has 0 radical (unpaired) electrons. The van der Waals surface area contributed by atoms with E-state index in [1.807, 2.05) is 20.8 Å². The molecule has 0 aromatic carbocycles. The van der Waals surface area contributed by atoms with Gasteiger partial charge in [-0.05, 0) is 37.7 Å². The summed E-state index contributed by atoms with van der Waals surface area (Å²) in [6.07, 6.45) is 7.53. The van der Waals surface area contributed by atoms with Crippen molar-refractivity contribution in [3.8, 4) is 12.3 Å². The van der Waals surface area contributed by atoms with E-state index in [0.717, 1.165) is 5.57 Å². The summed E-state index contributed by atoms with van der Waals surface area (Å²) in [4.78, 5) is 24.4. The van der Waals surface area contributed by atoms with Crippen LogP contribution < -0.4 is 0 Å². The summed E-state index contributed by atoms with van der Waals surface area (Å²) in [7, 11) is 0. The molecule has 0 aromatic heterocycles. The van der Waals surface area contributed by atoms with Gasteiger partial charge in [0.1, 0.15) is 6.10 Å². The number of hydrogen-bond acceptors (Lipinski definition) is 3. The van der Waals surface area contributed by atoms with E-state index in [2.05, 4.69) is 25.8 Å². The fourth-order valence-electron chi connectivity index (χ4n) is 3.34.